The van der Waals surface area contributed by atoms with E-state index in [1.807, 2.05) is 0 Å². The first-order valence-electron chi connectivity index (χ1n) is 7.50. The van der Waals surface area contributed by atoms with Gasteiger partial charge in [-0.15, -0.1) is 0 Å². The van der Waals surface area contributed by atoms with Crippen molar-refractivity contribution in [2.75, 3.05) is 11.6 Å². The monoisotopic (exact) mass is 364 g/mol. The van der Waals surface area contributed by atoms with Crippen LogP contribution in [0.25, 0.3) is 0 Å². The Morgan fingerprint density at radius 2 is 1.81 bits per heavy atom. The zero-order chi connectivity index (χ0) is 19.2. The van der Waals surface area contributed by atoms with E-state index in [1.165, 1.54) is 18.3 Å². The highest BCUT2D eigenvalue weighted by Crippen LogP contribution is 2.31. The van der Waals surface area contributed by atoms with Gasteiger partial charge in [0, 0.05) is 6.92 Å². The van der Waals surface area contributed by atoms with Crippen LogP contribution in [0, 0.1) is 0 Å². The fourth-order valence-electron chi connectivity index (χ4n) is 1.98. The predicted molar refractivity (Wildman–Crippen MR) is 89.6 cm³/mol. The number of carbonyl (C=O) groups is 2. The lowest BCUT2D eigenvalue weighted by atomic mass is 10.2. The van der Waals surface area contributed by atoms with Gasteiger partial charge in [0.2, 0.25) is 0 Å². The van der Waals surface area contributed by atoms with E-state index >= 15 is 0 Å². The predicted octanol–water partition coefficient (Wildman–Crippen LogP) is 3.64. The van der Waals surface area contributed by atoms with Crippen LogP contribution in [0.4, 0.5) is 18.9 Å². The average Bonchev–Trinajstić information content (AvgIpc) is 2.60. The third-order valence-electron chi connectivity index (χ3n) is 3.18. The molecule has 0 unspecified atom stereocenters. The molecule has 0 aliphatic carbocycles. The molecular formula is C18H15F3N2O3. The van der Waals surface area contributed by atoms with Crippen molar-refractivity contribution >= 4 is 23.8 Å². The van der Waals surface area contributed by atoms with E-state index in [0.717, 1.165) is 24.1 Å². The van der Waals surface area contributed by atoms with E-state index in [9.17, 15) is 22.8 Å². The molecule has 0 atom stereocenters. The summed E-state index contributed by atoms with van der Waals surface area (Å²) >= 11 is 0. The van der Waals surface area contributed by atoms with Gasteiger partial charge in [-0.05, 0) is 23.8 Å². The first kappa shape index (κ1) is 19.2. The summed E-state index contributed by atoms with van der Waals surface area (Å²) in [4.78, 5) is 23.2. The number of benzene rings is 2. The number of anilines is 1. The van der Waals surface area contributed by atoms with E-state index in [0.29, 0.717) is 5.56 Å². The van der Waals surface area contributed by atoms with Crippen LogP contribution in [-0.2, 0) is 20.5 Å². The molecule has 0 heterocycles. The molecule has 0 aromatic heterocycles. The van der Waals surface area contributed by atoms with Crippen molar-refractivity contribution < 1.29 is 27.5 Å². The molecule has 0 N–H and O–H groups in total. The number of amides is 1. The van der Waals surface area contributed by atoms with Gasteiger partial charge in [0.05, 0.1) is 17.5 Å². The van der Waals surface area contributed by atoms with Crippen molar-refractivity contribution in [2.24, 2.45) is 5.10 Å². The normalized spacial score (nSPS) is 11.4. The Bertz CT molecular complexity index is 805. The molecule has 0 saturated carbocycles. The fourth-order valence-corrected chi connectivity index (χ4v) is 1.98. The van der Waals surface area contributed by atoms with Crippen molar-refractivity contribution in [1.82, 2.24) is 0 Å². The van der Waals surface area contributed by atoms with Gasteiger partial charge in [-0.25, -0.2) is 0 Å². The van der Waals surface area contributed by atoms with E-state index in [-0.39, 0.29) is 5.69 Å². The summed E-state index contributed by atoms with van der Waals surface area (Å²) in [6.45, 7) is 0.479. The maximum atomic E-state index is 12.9. The summed E-state index contributed by atoms with van der Waals surface area (Å²) in [6, 6.07) is 12.9. The quantitative estimate of drug-likeness (QED) is 0.462. The molecule has 0 fully saturated rings. The lowest BCUT2D eigenvalue weighted by Crippen LogP contribution is -2.30. The summed E-state index contributed by atoms with van der Waals surface area (Å²) < 4.78 is 43.4. The molecule has 0 radical (unpaired) electrons. The number of esters is 1. The molecule has 1 amide bonds. The number of hydrazone groups is 1. The topological polar surface area (TPSA) is 59.0 Å². The van der Waals surface area contributed by atoms with E-state index in [4.69, 9.17) is 0 Å². The van der Waals surface area contributed by atoms with Crippen LogP contribution >= 0.6 is 0 Å². The van der Waals surface area contributed by atoms with Crippen LogP contribution in [0.2, 0.25) is 0 Å². The van der Waals surface area contributed by atoms with Crippen molar-refractivity contribution in [3.63, 3.8) is 0 Å². The maximum Gasteiger partial charge on any atom is 0.416 e. The van der Waals surface area contributed by atoms with Gasteiger partial charge in [-0.1, -0.05) is 36.4 Å². The molecule has 0 aliphatic rings. The zero-order valence-electron chi connectivity index (χ0n) is 13.7. The highest BCUT2D eigenvalue weighted by atomic mass is 19.4. The molecular weight excluding hydrogens is 349 g/mol. The molecule has 0 saturated heterocycles. The highest BCUT2D eigenvalue weighted by Gasteiger charge is 2.31. The van der Waals surface area contributed by atoms with Crippen LogP contribution in [0.3, 0.4) is 0 Å². The number of hydrogen-bond donors (Lipinski definition) is 0. The second-order valence-corrected chi connectivity index (χ2v) is 5.19. The summed E-state index contributed by atoms with van der Waals surface area (Å²) in [6.07, 6.45) is -3.24. The number of carbonyl (C=O) groups excluding carboxylic acids is 2. The Hall–Kier alpha value is -3.16. The minimum atomic E-state index is -4.57. The largest absolute Gasteiger partial charge is 0.456 e. The van der Waals surface area contributed by atoms with Crippen molar-refractivity contribution in [2.45, 2.75) is 13.1 Å². The molecule has 0 bridgehead atoms. The molecule has 8 heteroatoms. The second kappa shape index (κ2) is 8.28. The second-order valence-electron chi connectivity index (χ2n) is 5.19. The standard InChI is InChI=1S/C18H15F3N2O3/c1-13(24)26-12-17(25)23(22-11-14-6-3-2-4-7-14)16-9-5-8-15(10-16)18(19,20)21/h2-11H,12H2,1H3/b22-11-. The fraction of sp³-hybridized carbons (Fsp3) is 0.167. The summed E-state index contributed by atoms with van der Waals surface area (Å²) in [5.74, 6) is -1.47. The van der Waals surface area contributed by atoms with E-state index in [2.05, 4.69) is 9.84 Å². The smallest absolute Gasteiger partial charge is 0.416 e. The number of nitrogens with zero attached hydrogens (tertiary/aromatic N) is 2. The van der Waals surface area contributed by atoms with Crippen molar-refractivity contribution in [3.8, 4) is 0 Å². The van der Waals surface area contributed by atoms with Gasteiger partial charge in [0.15, 0.2) is 6.61 Å². The summed E-state index contributed by atoms with van der Waals surface area (Å²) in [5, 5.41) is 4.73. The first-order chi connectivity index (χ1) is 12.3. The number of rotatable bonds is 5. The maximum absolute atomic E-state index is 12.9. The minimum absolute atomic E-state index is 0.0934. The third kappa shape index (κ3) is 5.44. The number of ether oxygens (including phenoxy) is 1. The summed E-state index contributed by atoms with van der Waals surface area (Å²) in [5.41, 5.74) is -0.371. The Morgan fingerprint density at radius 1 is 1.12 bits per heavy atom. The Morgan fingerprint density at radius 3 is 2.42 bits per heavy atom. The zero-order valence-corrected chi connectivity index (χ0v) is 13.7. The number of alkyl halides is 3. The SMILES string of the molecule is CC(=O)OCC(=O)N(/N=C\c1ccccc1)c1cccc(C(F)(F)F)c1. The molecule has 136 valence electrons. The highest BCUT2D eigenvalue weighted by molar-refractivity contribution is 5.96. The first-order valence-corrected chi connectivity index (χ1v) is 7.50. The Balaban J connectivity index is 2.35. The van der Waals surface area contributed by atoms with E-state index in [1.54, 1.807) is 30.3 Å². The summed E-state index contributed by atoms with van der Waals surface area (Å²) in [7, 11) is 0. The van der Waals surface area contributed by atoms with E-state index < -0.39 is 30.2 Å². The molecule has 2 aromatic rings. The van der Waals surface area contributed by atoms with Gasteiger partial charge >= 0.3 is 12.1 Å². The minimum Gasteiger partial charge on any atom is -0.456 e. The average molecular weight is 364 g/mol. The van der Waals surface area contributed by atoms with Gasteiger partial charge in [-0.3, -0.25) is 9.59 Å². The molecule has 26 heavy (non-hydrogen) atoms. The van der Waals surface area contributed by atoms with Gasteiger partial charge in [0.1, 0.15) is 0 Å². The van der Waals surface area contributed by atoms with Crippen LogP contribution in [-0.4, -0.2) is 24.7 Å². The van der Waals surface area contributed by atoms with Crippen molar-refractivity contribution in [1.29, 1.82) is 0 Å². The molecule has 2 rings (SSSR count). The van der Waals surface area contributed by atoms with Crippen LogP contribution in [0.1, 0.15) is 18.1 Å². The lowest BCUT2D eigenvalue weighted by molar-refractivity contribution is -0.145. The molecule has 2 aromatic carbocycles. The van der Waals surface area contributed by atoms with Crippen LogP contribution < -0.4 is 5.01 Å². The number of hydrogen-bond acceptors (Lipinski definition) is 4. The van der Waals surface area contributed by atoms with Gasteiger partial charge in [0.25, 0.3) is 5.91 Å². The lowest BCUT2D eigenvalue weighted by Gasteiger charge is -2.18. The molecule has 0 aliphatic heterocycles. The van der Waals surface area contributed by atoms with Crippen molar-refractivity contribution in [3.05, 3.63) is 65.7 Å². The van der Waals surface area contributed by atoms with Crippen LogP contribution in [0.15, 0.2) is 59.7 Å². The molecule has 5 nitrogen and oxygen atoms in total. The van der Waals surface area contributed by atoms with Gasteiger partial charge < -0.3 is 4.74 Å². The third-order valence-corrected chi connectivity index (χ3v) is 3.18. The Labute approximate surface area is 147 Å². The number of halogens is 3. The van der Waals surface area contributed by atoms with Crippen LogP contribution in [0.5, 0.6) is 0 Å². The van der Waals surface area contributed by atoms with Gasteiger partial charge in [-0.2, -0.15) is 23.3 Å². The Kier molecular flexibility index (Phi) is 6.11. The molecule has 0 spiro atoms.